The summed E-state index contributed by atoms with van der Waals surface area (Å²) in [7, 11) is 0. The molecule has 136 valence electrons. The Labute approximate surface area is 147 Å². The first-order valence-corrected chi connectivity index (χ1v) is 8.16. The smallest absolute Gasteiger partial charge is 0.261 e. The maximum absolute atomic E-state index is 12.1. The van der Waals surface area contributed by atoms with Gasteiger partial charge in [0.1, 0.15) is 6.61 Å². The van der Waals surface area contributed by atoms with Gasteiger partial charge in [-0.1, -0.05) is 18.7 Å². The van der Waals surface area contributed by atoms with Crippen LogP contribution in [0.15, 0.2) is 37.1 Å². The van der Waals surface area contributed by atoms with Gasteiger partial charge in [-0.15, -0.1) is 0 Å². The van der Waals surface area contributed by atoms with Gasteiger partial charge >= 0.3 is 0 Å². The largest absolute Gasteiger partial charge is 0.499 e. The Morgan fingerprint density at radius 3 is 1.80 bits per heavy atom. The second-order valence-electron chi connectivity index (χ2n) is 5.18. The van der Waals surface area contributed by atoms with Crippen molar-refractivity contribution in [1.82, 2.24) is 4.90 Å². The Kier molecular flexibility index (Phi) is 8.11. The fourth-order valence-electron chi connectivity index (χ4n) is 2.33. The lowest BCUT2D eigenvalue weighted by molar-refractivity contribution is 0.00432. The number of nitrogens with zero attached hydrogens (tertiary/aromatic N) is 1. The predicted molar refractivity (Wildman–Crippen MR) is 90.4 cm³/mol. The van der Waals surface area contributed by atoms with Crippen molar-refractivity contribution >= 4 is 11.8 Å². The minimum Gasteiger partial charge on any atom is -0.499 e. The lowest BCUT2D eigenvalue weighted by Gasteiger charge is -2.13. The van der Waals surface area contributed by atoms with Crippen LogP contribution in [0.2, 0.25) is 0 Å². The summed E-state index contributed by atoms with van der Waals surface area (Å²) < 4.78 is 20.9. The van der Waals surface area contributed by atoms with Crippen LogP contribution in [0.3, 0.4) is 0 Å². The lowest BCUT2D eigenvalue weighted by atomic mass is 10.1. The van der Waals surface area contributed by atoms with Crippen LogP contribution in [-0.4, -0.2) is 69.5 Å². The van der Waals surface area contributed by atoms with E-state index < -0.39 is 0 Å². The molecule has 0 aliphatic carbocycles. The van der Waals surface area contributed by atoms with Crippen LogP contribution in [0.1, 0.15) is 20.7 Å². The maximum atomic E-state index is 12.1. The van der Waals surface area contributed by atoms with E-state index >= 15 is 0 Å². The number of benzene rings is 1. The van der Waals surface area contributed by atoms with Gasteiger partial charge in [0, 0.05) is 0 Å². The molecule has 0 radical (unpaired) electrons. The Bertz CT molecular complexity index is 554. The summed E-state index contributed by atoms with van der Waals surface area (Å²) in [5.74, 6) is -0.531. The summed E-state index contributed by atoms with van der Waals surface area (Å²) in [5, 5.41) is 0. The standard InChI is InChI=1S/C18H23NO6/c1-2-22-9-10-24-13-14-25-12-11-23-8-7-19-17(20)15-5-3-4-6-16(15)18(19)21/h2-6H,1,7-14H2. The second-order valence-corrected chi connectivity index (χ2v) is 5.18. The Hall–Kier alpha value is -2.22. The zero-order valence-electron chi connectivity index (χ0n) is 14.1. The molecule has 1 heterocycles. The van der Waals surface area contributed by atoms with E-state index in [4.69, 9.17) is 18.9 Å². The number of ether oxygens (including phenoxy) is 4. The van der Waals surface area contributed by atoms with E-state index in [0.29, 0.717) is 50.8 Å². The van der Waals surface area contributed by atoms with Gasteiger partial charge in [-0.05, 0) is 12.1 Å². The quantitative estimate of drug-likeness (QED) is 0.305. The molecule has 0 saturated carbocycles. The molecule has 2 amide bonds. The highest BCUT2D eigenvalue weighted by atomic mass is 16.6. The third-order valence-corrected chi connectivity index (χ3v) is 3.54. The van der Waals surface area contributed by atoms with Crippen molar-refractivity contribution in [2.45, 2.75) is 0 Å². The third-order valence-electron chi connectivity index (χ3n) is 3.54. The molecule has 0 spiro atoms. The van der Waals surface area contributed by atoms with Crippen LogP contribution >= 0.6 is 0 Å². The molecule has 0 aromatic heterocycles. The van der Waals surface area contributed by atoms with Gasteiger partial charge in [0.2, 0.25) is 0 Å². The van der Waals surface area contributed by atoms with Crippen molar-refractivity contribution in [2.75, 3.05) is 52.8 Å². The predicted octanol–water partition coefficient (Wildman–Crippen LogP) is 1.49. The van der Waals surface area contributed by atoms with Crippen LogP contribution in [-0.2, 0) is 18.9 Å². The monoisotopic (exact) mass is 349 g/mol. The number of carbonyl (C=O) groups is 2. The summed E-state index contributed by atoms with van der Waals surface area (Å²) in [5.41, 5.74) is 0.906. The van der Waals surface area contributed by atoms with Crippen molar-refractivity contribution in [3.8, 4) is 0 Å². The molecule has 1 aromatic carbocycles. The molecule has 7 heteroatoms. The number of hydrogen-bond donors (Lipinski definition) is 0. The first-order chi connectivity index (χ1) is 12.3. The molecule has 1 aromatic rings. The first kappa shape index (κ1) is 19.1. The average molecular weight is 349 g/mol. The molecule has 25 heavy (non-hydrogen) atoms. The SMILES string of the molecule is C=COCCOCCOCCOCCN1C(=O)c2ccccc2C1=O. The number of hydrogen-bond acceptors (Lipinski definition) is 6. The molecular weight excluding hydrogens is 326 g/mol. The van der Waals surface area contributed by atoms with Gasteiger partial charge in [-0.3, -0.25) is 14.5 Å². The van der Waals surface area contributed by atoms with Gasteiger partial charge in [0.05, 0.1) is 63.6 Å². The molecule has 0 atom stereocenters. The molecule has 0 fully saturated rings. The fourth-order valence-corrected chi connectivity index (χ4v) is 2.33. The molecule has 2 rings (SSSR count). The van der Waals surface area contributed by atoms with Gasteiger partial charge < -0.3 is 18.9 Å². The van der Waals surface area contributed by atoms with Crippen LogP contribution in [0, 0.1) is 0 Å². The summed E-state index contributed by atoms with van der Waals surface area (Å²) in [6.07, 6.45) is 1.37. The first-order valence-electron chi connectivity index (χ1n) is 8.16. The number of fused-ring (bicyclic) bond motifs is 1. The summed E-state index contributed by atoms with van der Waals surface area (Å²) in [6.45, 7) is 6.68. The van der Waals surface area contributed by atoms with Gasteiger partial charge in [0.25, 0.3) is 11.8 Å². The highest BCUT2D eigenvalue weighted by Crippen LogP contribution is 2.21. The van der Waals surface area contributed by atoms with Gasteiger partial charge in [-0.25, -0.2) is 0 Å². The molecule has 0 saturated heterocycles. The second kappa shape index (κ2) is 10.6. The Morgan fingerprint density at radius 1 is 0.800 bits per heavy atom. The molecular formula is C18H23NO6. The molecule has 7 nitrogen and oxygen atoms in total. The van der Waals surface area contributed by atoms with Crippen molar-refractivity contribution in [3.63, 3.8) is 0 Å². The van der Waals surface area contributed by atoms with Gasteiger partial charge in [-0.2, -0.15) is 0 Å². The Morgan fingerprint density at radius 2 is 1.28 bits per heavy atom. The summed E-state index contributed by atoms with van der Waals surface area (Å²) in [4.78, 5) is 25.5. The number of imide groups is 1. The molecule has 0 bridgehead atoms. The highest BCUT2D eigenvalue weighted by molar-refractivity contribution is 6.21. The topological polar surface area (TPSA) is 74.3 Å². The Balaban J connectivity index is 1.50. The van der Waals surface area contributed by atoms with E-state index in [2.05, 4.69) is 6.58 Å². The van der Waals surface area contributed by atoms with E-state index in [-0.39, 0.29) is 25.0 Å². The van der Waals surface area contributed by atoms with Crippen molar-refractivity contribution in [2.24, 2.45) is 0 Å². The van der Waals surface area contributed by atoms with Crippen LogP contribution < -0.4 is 0 Å². The molecule has 1 aliphatic rings. The van der Waals surface area contributed by atoms with Crippen molar-refractivity contribution < 1.29 is 28.5 Å². The van der Waals surface area contributed by atoms with E-state index in [0.717, 1.165) is 0 Å². The van der Waals surface area contributed by atoms with Crippen molar-refractivity contribution in [1.29, 1.82) is 0 Å². The zero-order chi connectivity index (χ0) is 17.9. The fraction of sp³-hybridized carbons (Fsp3) is 0.444. The van der Waals surface area contributed by atoms with Gasteiger partial charge in [0.15, 0.2) is 0 Å². The normalized spacial score (nSPS) is 13.2. The average Bonchev–Trinajstić information content (AvgIpc) is 2.87. The van der Waals surface area contributed by atoms with E-state index in [1.165, 1.54) is 11.2 Å². The number of carbonyl (C=O) groups excluding carboxylic acids is 2. The maximum Gasteiger partial charge on any atom is 0.261 e. The third kappa shape index (κ3) is 5.67. The van der Waals surface area contributed by atoms with Crippen LogP contribution in [0.4, 0.5) is 0 Å². The minimum atomic E-state index is -0.266. The summed E-state index contributed by atoms with van der Waals surface area (Å²) in [6, 6.07) is 6.82. The molecule has 0 N–H and O–H groups in total. The summed E-state index contributed by atoms with van der Waals surface area (Å²) >= 11 is 0. The van der Waals surface area contributed by atoms with E-state index in [9.17, 15) is 9.59 Å². The molecule has 1 aliphatic heterocycles. The van der Waals surface area contributed by atoms with Crippen LogP contribution in [0.5, 0.6) is 0 Å². The van der Waals surface area contributed by atoms with Crippen LogP contribution in [0.25, 0.3) is 0 Å². The minimum absolute atomic E-state index is 0.235. The number of rotatable bonds is 13. The lowest BCUT2D eigenvalue weighted by Crippen LogP contribution is -2.33. The molecule has 0 unspecified atom stereocenters. The van der Waals surface area contributed by atoms with E-state index in [1.807, 2.05) is 0 Å². The van der Waals surface area contributed by atoms with E-state index in [1.54, 1.807) is 24.3 Å². The van der Waals surface area contributed by atoms with Crippen molar-refractivity contribution in [3.05, 3.63) is 48.2 Å². The number of amides is 2. The zero-order valence-corrected chi connectivity index (χ0v) is 14.1. The highest BCUT2D eigenvalue weighted by Gasteiger charge is 2.34.